The molecule has 3 N–H and O–H groups in total. The molecule has 0 amide bonds. The molecule has 0 fully saturated rings. The van der Waals surface area contributed by atoms with Gasteiger partial charge >= 0.3 is 0 Å². The Kier molecular flexibility index (Phi) is 2.12. The fraction of sp³-hybridized carbons (Fsp3) is 0.500. The van der Waals surface area contributed by atoms with Crippen LogP contribution in [0.3, 0.4) is 0 Å². The van der Waals surface area contributed by atoms with Gasteiger partial charge in [0.05, 0.1) is 6.17 Å². The second-order valence-corrected chi connectivity index (χ2v) is 2.85. The van der Waals surface area contributed by atoms with E-state index in [4.69, 9.17) is 5.73 Å². The maximum Gasteiger partial charge on any atom is 0.0934 e. The molecule has 0 radical (unpaired) electrons. The van der Waals surface area contributed by atoms with Crippen molar-refractivity contribution in [3.05, 3.63) is 23.9 Å². The van der Waals surface area contributed by atoms with Gasteiger partial charge in [0, 0.05) is 6.20 Å². The van der Waals surface area contributed by atoms with Crippen molar-refractivity contribution in [1.29, 1.82) is 0 Å². The van der Waals surface area contributed by atoms with E-state index in [-0.39, 0.29) is 6.17 Å². The van der Waals surface area contributed by atoms with E-state index in [1.165, 1.54) is 5.57 Å². The van der Waals surface area contributed by atoms with Gasteiger partial charge in [-0.15, -0.1) is 0 Å². The topological polar surface area (TPSA) is 38.0 Å². The SMILES string of the molecule is CC(C)C1=CNC(N)C=C1. The lowest BCUT2D eigenvalue weighted by Gasteiger charge is -2.16. The molecule has 1 unspecified atom stereocenters. The van der Waals surface area contributed by atoms with Gasteiger partial charge in [-0.25, -0.2) is 0 Å². The van der Waals surface area contributed by atoms with Gasteiger partial charge in [-0.2, -0.15) is 0 Å². The summed E-state index contributed by atoms with van der Waals surface area (Å²) < 4.78 is 0. The first-order valence-electron chi connectivity index (χ1n) is 3.60. The summed E-state index contributed by atoms with van der Waals surface area (Å²) in [5.41, 5.74) is 6.86. The summed E-state index contributed by atoms with van der Waals surface area (Å²) >= 11 is 0. The first kappa shape index (κ1) is 7.35. The lowest BCUT2D eigenvalue weighted by atomic mass is 10.0. The van der Waals surface area contributed by atoms with Crippen molar-refractivity contribution in [1.82, 2.24) is 5.32 Å². The fourth-order valence-electron chi connectivity index (χ4n) is 0.870. The van der Waals surface area contributed by atoms with Crippen LogP contribution in [0.15, 0.2) is 23.9 Å². The Labute approximate surface area is 61.8 Å². The summed E-state index contributed by atoms with van der Waals surface area (Å²) in [5.74, 6) is 0.580. The van der Waals surface area contributed by atoms with Crippen LogP contribution in [0, 0.1) is 5.92 Å². The second-order valence-electron chi connectivity index (χ2n) is 2.85. The molecular formula is C8H14N2. The monoisotopic (exact) mass is 138 g/mol. The molecule has 2 nitrogen and oxygen atoms in total. The Bertz CT molecular complexity index is 168. The number of hydrogen-bond acceptors (Lipinski definition) is 2. The average molecular weight is 138 g/mol. The number of allylic oxidation sites excluding steroid dienone is 2. The lowest BCUT2D eigenvalue weighted by molar-refractivity contribution is 0.688. The van der Waals surface area contributed by atoms with Crippen LogP contribution in [0.1, 0.15) is 13.8 Å². The molecule has 1 rings (SSSR count). The van der Waals surface area contributed by atoms with Crippen LogP contribution in [0.4, 0.5) is 0 Å². The van der Waals surface area contributed by atoms with Gasteiger partial charge < -0.3 is 11.1 Å². The van der Waals surface area contributed by atoms with Gasteiger partial charge in [0.1, 0.15) is 0 Å². The molecule has 0 saturated heterocycles. The Balaban J connectivity index is 2.59. The minimum absolute atomic E-state index is 0.00231. The maximum absolute atomic E-state index is 5.55. The predicted molar refractivity (Wildman–Crippen MR) is 43.2 cm³/mol. The summed E-state index contributed by atoms with van der Waals surface area (Å²) in [6.07, 6.45) is 6.03. The zero-order valence-electron chi connectivity index (χ0n) is 6.46. The van der Waals surface area contributed by atoms with Crippen molar-refractivity contribution in [3.8, 4) is 0 Å². The summed E-state index contributed by atoms with van der Waals surface area (Å²) in [4.78, 5) is 0. The minimum atomic E-state index is 0.00231. The van der Waals surface area contributed by atoms with Crippen LogP contribution >= 0.6 is 0 Å². The summed E-state index contributed by atoms with van der Waals surface area (Å²) in [7, 11) is 0. The summed E-state index contributed by atoms with van der Waals surface area (Å²) in [5, 5.41) is 3.04. The van der Waals surface area contributed by atoms with E-state index in [9.17, 15) is 0 Å². The summed E-state index contributed by atoms with van der Waals surface area (Å²) in [6, 6.07) is 0. The van der Waals surface area contributed by atoms with E-state index in [2.05, 4.69) is 25.2 Å². The predicted octanol–water partition coefficient (Wildman–Crippen LogP) is 0.971. The zero-order chi connectivity index (χ0) is 7.56. The second kappa shape index (κ2) is 2.88. The molecule has 0 bridgehead atoms. The molecule has 1 heterocycles. The number of dihydropyridines is 1. The van der Waals surface area contributed by atoms with Gasteiger partial charge in [0.25, 0.3) is 0 Å². The van der Waals surface area contributed by atoms with E-state index in [0.29, 0.717) is 5.92 Å². The molecule has 0 aliphatic carbocycles. The van der Waals surface area contributed by atoms with E-state index in [0.717, 1.165) is 0 Å². The molecule has 0 saturated carbocycles. The smallest absolute Gasteiger partial charge is 0.0934 e. The number of nitrogens with two attached hydrogens (primary N) is 1. The zero-order valence-corrected chi connectivity index (χ0v) is 6.46. The third-order valence-electron chi connectivity index (χ3n) is 1.61. The fourth-order valence-corrected chi connectivity index (χ4v) is 0.870. The molecule has 0 aromatic heterocycles. The average Bonchev–Trinajstić information content (AvgIpc) is 1.88. The van der Waals surface area contributed by atoms with E-state index in [1.807, 2.05) is 12.3 Å². The number of hydrogen-bond donors (Lipinski definition) is 2. The van der Waals surface area contributed by atoms with Crippen molar-refractivity contribution in [2.75, 3.05) is 0 Å². The number of nitrogens with one attached hydrogen (secondary N) is 1. The van der Waals surface area contributed by atoms with Gasteiger partial charge in [0.15, 0.2) is 0 Å². The first-order chi connectivity index (χ1) is 4.70. The van der Waals surface area contributed by atoms with Crippen molar-refractivity contribution in [2.45, 2.75) is 20.0 Å². The van der Waals surface area contributed by atoms with E-state index in [1.54, 1.807) is 0 Å². The highest BCUT2D eigenvalue weighted by atomic mass is 15.0. The van der Waals surface area contributed by atoms with Gasteiger partial charge in [-0.05, 0) is 17.6 Å². The molecular weight excluding hydrogens is 124 g/mol. The largest absolute Gasteiger partial charge is 0.372 e. The van der Waals surface area contributed by atoms with Crippen molar-refractivity contribution in [2.24, 2.45) is 11.7 Å². The van der Waals surface area contributed by atoms with E-state index >= 15 is 0 Å². The summed E-state index contributed by atoms with van der Waals surface area (Å²) in [6.45, 7) is 4.32. The molecule has 0 aromatic rings. The molecule has 10 heavy (non-hydrogen) atoms. The molecule has 2 heteroatoms. The Morgan fingerprint density at radius 1 is 1.60 bits per heavy atom. The van der Waals surface area contributed by atoms with Gasteiger partial charge in [-0.3, -0.25) is 0 Å². The Hall–Kier alpha value is -0.760. The van der Waals surface area contributed by atoms with Gasteiger partial charge in [-0.1, -0.05) is 19.9 Å². The van der Waals surface area contributed by atoms with Crippen LogP contribution in [0.25, 0.3) is 0 Å². The Morgan fingerprint density at radius 2 is 2.30 bits per heavy atom. The standard InChI is InChI=1S/C8H14N2/c1-6(2)7-3-4-8(9)10-5-7/h3-6,8,10H,9H2,1-2H3. The molecule has 1 aliphatic rings. The highest BCUT2D eigenvalue weighted by Gasteiger charge is 2.04. The maximum atomic E-state index is 5.55. The van der Waals surface area contributed by atoms with Crippen LogP contribution < -0.4 is 11.1 Å². The number of rotatable bonds is 1. The van der Waals surface area contributed by atoms with Crippen LogP contribution in [0.5, 0.6) is 0 Å². The van der Waals surface area contributed by atoms with Crippen LogP contribution in [-0.4, -0.2) is 6.17 Å². The quantitative estimate of drug-likeness (QED) is 0.566. The van der Waals surface area contributed by atoms with Crippen LogP contribution in [0.2, 0.25) is 0 Å². The Morgan fingerprint density at radius 3 is 2.70 bits per heavy atom. The molecule has 0 aromatic carbocycles. The normalized spacial score (nSPS) is 24.4. The van der Waals surface area contributed by atoms with E-state index < -0.39 is 0 Å². The van der Waals surface area contributed by atoms with Gasteiger partial charge in [0.2, 0.25) is 0 Å². The molecule has 1 atom stereocenters. The minimum Gasteiger partial charge on any atom is -0.372 e. The molecule has 0 spiro atoms. The lowest BCUT2D eigenvalue weighted by Crippen LogP contribution is -2.33. The van der Waals surface area contributed by atoms with Crippen LogP contribution in [-0.2, 0) is 0 Å². The molecule has 1 aliphatic heterocycles. The third kappa shape index (κ3) is 1.61. The highest BCUT2D eigenvalue weighted by molar-refractivity contribution is 5.24. The van der Waals surface area contributed by atoms with Crippen molar-refractivity contribution in [3.63, 3.8) is 0 Å². The third-order valence-corrected chi connectivity index (χ3v) is 1.61. The molecule has 56 valence electrons. The first-order valence-corrected chi connectivity index (χ1v) is 3.60. The van der Waals surface area contributed by atoms with Crippen molar-refractivity contribution >= 4 is 0 Å². The van der Waals surface area contributed by atoms with Crippen molar-refractivity contribution < 1.29 is 0 Å². The highest BCUT2D eigenvalue weighted by Crippen LogP contribution is 2.12.